The monoisotopic (exact) mass is 388 g/mol. The predicted octanol–water partition coefficient (Wildman–Crippen LogP) is 5.48. The molecule has 3 rings (SSSR count). The Labute approximate surface area is 151 Å². The van der Waals surface area contributed by atoms with E-state index in [9.17, 15) is 13.2 Å². The Bertz CT molecular complexity index is 936. The molecule has 0 atom stereocenters. The van der Waals surface area contributed by atoms with Crippen molar-refractivity contribution in [3.8, 4) is 0 Å². The van der Waals surface area contributed by atoms with Crippen LogP contribution in [-0.2, 0) is 6.18 Å². The number of hydrogen-bond acceptors (Lipinski definition) is 4. The Kier molecular flexibility index (Phi) is 4.61. The van der Waals surface area contributed by atoms with Crippen LogP contribution in [0, 0.1) is 5.41 Å². The molecule has 0 fully saturated rings. The van der Waals surface area contributed by atoms with Gasteiger partial charge in [-0.2, -0.15) is 13.2 Å². The fourth-order valence-corrected chi connectivity index (χ4v) is 3.55. The molecule has 2 heterocycles. The molecule has 4 nitrogen and oxygen atoms in total. The average Bonchev–Trinajstić information content (AvgIpc) is 2.98. The van der Waals surface area contributed by atoms with E-state index in [0.29, 0.717) is 21.3 Å². The zero-order valence-electron chi connectivity index (χ0n) is 13.9. The molecule has 0 N–H and O–H groups in total. The van der Waals surface area contributed by atoms with Gasteiger partial charge in [0, 0.05) is 10.8 Å². The SMILES string of the molecule is CCC(C)(C)CSc1nc2ccc(Cl)cc2n2c(C(F)(F)F)nnc12. The van der Waals surface area contributed by atoms with Gasteiger partial charge < -0.3 is 0 Å². The molecule has 1 aromatic carbocycles. The summed E-state index contributed by atoms with van der Waals surface area (Å²) in [5, 5.41) is 7.88. The van der Waals surface area contributed by atoms with Crippen molar-refractivity contribution >= 4 is 40.0 Å². The molecule has 0 aliphatic heterocycles. The lowest BCUT2D eigenvalue weighted by Crippen LogP contribution is -2.14. The number of fused-ring (bicyclic) bond motifs is 3. The van der Waals surface area contributed by atoms with Gasteiger partial charge in [0.1, 0.15) is 5.03 Å². The van der Waals surface area contributed by atoms with E-state index in [1.54, 1.807) is 12.1 Å². The van der Waals surface area contributed by atoms with Gasteiger partial charge in [-0.05, 0) is 23.6 Å². The Hall–Kier alpha value is -1.54. The fourth-order valence-electron chi connectivity index (χ4n) is 2.23. The molecule has 0 amide bonds. The van der Waals surface area contributed by atoms with Crippen LogP contribution in [0.2, 0.25) is 5.02 Å². The first-order valence-corrected chi connectivity index (χ1v) is 9.03. The van der Waals surface area contributed by atoms with E-state index >= 15 is 0 Å². The molecule has 0 bridgehead atoms. The molecule has 2 aromatic heterocycles. The van der Waals surface area contributed by atoms with Gasteiger partial charge in [-0.1, -0.05) is 38.8 Å². The summed E-state index contributed by atoms with van der Waals surface area (Å²) in [7, 11) is 0. The molecule has 25 heavy (non-hydrogen) atoms. The second-order valence-corrected chi connectivity index (χ2v) is 7.94. The average molecular weight is 389 g/mol. The number of benzene rings is 1. The molecule has 0 unspecified atom stereocenters. The predicted molar refractivity (Wildman–Crippen MR) is 93.1 cm³/mol. The largest absolute Gasteiger partial charge is 0.452 e. The van der Waals surface area contributed by atoms with E-state index in [4.69, 9.17) is 11.6 Å². The lowest BCUT2D eigenvalue weighted by Gasteiger charge is -2.21. The number of rotatable bonds is 4. The molecule has 134 valence electrons. The van der Waals surface area contributed by atoms with Crippen LogP contribution in [0.5, 0.6) is 0 Å². The lowest BCUT2D eigenvalue weighted by molar-refractivity contribution is -0.145. The van der Waals surface area contributed by atoms with Crippen molar-refractivity contribution in [2.75, 3.05) is 5.75 Å². The van der Waals surface area contributed by atoms with E-state index in [2.05, 4.69) is 36.0 Å². The lowest BCUT2D eigenvalue weighted by atomic mass is 9.93. The number of thioether (sulfide) groups is 1. The third kappa shape index (κ3) is 3.55. The van der Waals surface area contributed by atoms with Gasteiger partial charge in [0.15, 0.2) is 5.65 Å². The van der Waals surface area contributed by atoms with Crippen molar-refractivity contribution < 1.29 is 13.2 Å². The molecular formula is C16H16ClF3N4S. The van der Waals surface area contributed by atoms with E-state index < -0.39 is 12.0 Å². The smallest absolute Gasteiger partial charge is 0.267 e. The zero-order valence-corrected chi connectivity index (χ0v) is 15.4. The summed E-state index contributed by atoms with van der Waals surface area (Å²) in [6.45, 7) is 6.27. The fraction of sp³-hybridized carbons (Fsp3) is 0.438. The van der Waals surface area contributed by atoms with E-state index in [1.807, 2.05) is 0 Å². The van der Waals surface area contributed by atoms with Crippen molar-refractivity contribution in [2.45, 2.75) is 38.4 Å². The molecule has 0 spiro atoms. The Morgan fingerprint density at radius 1 is 1.20 bits per heavy atom. The third-order valence-electron chi connectivity index (χ3n) is 4.06. The van der Waals surface area contributed by atoms with Gasteiger partial charge in [0.2, 0.25) is 5.82 Å². The van der Waals surface area contributed by atoms with Crippen molar-refractivity contribution in [3.63, 3.8) is 0 Å². The van der Waals surface area contributed by atoms with Gasteiger partial charge in [-0.3, -0.25) is 4.40 Å². The standard InChI is InChI=1S/C16H16ClF3N4S/c1-4-15(2,3)8-25-13-12-22-23-14(16(18,19)20)24(12)11-7-9(17)5-6-10(11)21-13/h5-7H,4,8H2,1-3H3. The van der Waals surface area contributed by atoms with Crippen LogP contribution in [0.1, 0.15) is 33.0 Å². The number of nitrogens with zero attached hydrogens (tertiary/aromatic N) is 4. The first kappa shape index (κ1) is 18.3. The molecule has 0 aliphatic carbocycles. The highest BCUT2D eigenvalue weighted by atomic mass is 35.5. The van der Waals surface area contributed by atoms with Crippen molar-refractivity contribution in [1.82, 2.24) is 19.6 Å². The van der Waals surface area contributed by atoms with Crippen LogP contribution in [0.4, 0.5) is 13.2 Å². The van der Waals surface area contributed by atoms with E-state index in [0.717, 1.165) is 10.8 Å². The maximum Gasteiger partial charge on any atom is 0.452 e. The normalized spacial score (nSPS) is 13.1. The number of halogens is 4. The van der Waals surface area contributed by atoms with Crippen molar-refractivity contribution in [3.05, 3.63) is 29.0 Å². The minimum atomic E-state index is -4.62. The number of hydrogen-bond donors (Lipinski definition) is 0. The zero-order chi connectivity index (χ0) is 18.4. The Balaban J connectivity index is 2.24. The molecule has 0 radical (unpaired) electrons. The van der Waals surface area contributed by atoms with Gasteiger partial charge >= 0.3 is 6.18 Å². The van der Waals surface area contributed by atoms with E-state index in [-0.39, 0.29) is 16.6 Å². The maximum absolute atomic E-state index is 13.4. The van der Waals surface area contributed by atoms with Crippen LogP contribution in [0.25, 0.3) is 16.7 Å². The minimum absolute atomic E-state index is 0.0329. The van der Waals surface area contributed by atoms with Crippen LogP contribution >= 0.6 is 23.4 Å². The van der Waals surface area contributed by atoms with Gasteiger partial charge in [0.25, 0.3) is 0 Å². The van der Waals surface area contributed by atoms with Gasteiger partial charge in [-0.15, -0.1) is 22.0 Å². The quantitative estimate of drug-likeness (QED) is 0.555. The van der Waals surface area contributed by atoms with Crippen LogP contribution < -0.4 is 0 Å². The summed E-state index contributed by atoms with van der Waals surface area (Å²) in [6, 6.07) is 4.65. The number of aromatic nitrogens is 4. The summed E-state index contributed by atoms with van der Waals surface area (Å²) >= 11 is 7.35. The summed E-state index contributed by atoms with van der Waals surface area (Å²) in [5.74, 6) is -0.367. The number of alkyl halides is 3. The summed E-state index contributed by atoms with van der Waals surface area (Å²) < 4.78 is 41.1. The van der Waals surface area contributed by atoms with E-state index in [1.165, 1.54) is 17.8 Å². The maximum atomic E-state index is 13.4. The molecule has 0 aliphatic rings. The van der Waals surface area contributed by atoms with Gasteiger partial charge in [-0.25, -0.2) is 4.98 Å². The van der Waals surface area contributed by atoms with Crippen molar-refractivity contribution in [2.24, 2.45) is 5.41 Å². The molecule has 0 saturated carbocycles. The van der Waals surface area contributed by atoms with Gasteiger partial charge in [0.05, 0.1) is 11.0 Å². The highest BCUT2D eigenvalue weighted by Gasteiger charge is 2.38. The summed E-state index contributed by atoms with van der Waals surface area (Å²) in [5.41, 5.74) is 0.780. The highest BCUT2D eigenvalue weighted by molar-refractivity contribution is 7.99. The second kappa shape index (κ2) is 6.32. The topological polar surface area (TPSA) is 43.1 Å². The minimum Gasteiger partial charge on any atom is -0.267 e. The third-order valence-corrected chi connectivity index (χ3v) is 5.77. The first-order valence-electron chi connectivity index (χ1n) is 7.67. The van der Waals surface area contributed by atoms with Crippen molar-refractivity contribution in [1.29, 1.82) is 0 Å². The second-order valence-electron chi connectivity index (χ2n) is 6.54. The first-order chi connectivity index (χ1) is 11.6. The van der Waals surface area contributed by atoms with Crippen LogP contribution in [-0.4, -0.2) is 25.3 Å². The summed E-state index contributed by atoms with van der Waals surface area (Å²) in [6.07, 6.45) is -3.68. The molecule has 3 aromatic rings. The molecule has 9 heteroatoms. The highest BCUT2D eigenvalue weighted by Crippen LogP contribution is 2.35. The van der Waals surface area contributed by atoms with Crippen LogP contribution in [0.3, 0.4) is 0 Å². The molecule has 0 saturated heterocycles. The summed E-state index contributed by atoms with van der Waals surface area (Å²) in [4.78, 5) is 4.49. The van der Waals surface area contributed by atoms with Crippen LogP contribution in [0.15, 0.2) is 23.2 Å². The Morgan fingerprint density at radius 3 is 2.56 bits per heavy atom. The Morgan fingerprint density at radius 2 is 1.92 bits per heavy atom. The molecular weight excluding hydrogens is 373 g/mol.